The summed E-state index contributed by atoms with van der Waals surface area (Å²) in [7, 11) is 0. The van der Waals surface area contributed by atoms with Crippen LogP contribution >= 0.6 is 0 Å². The largest absolute Gasteiger partial charge is 0.278 e. The van der Waals surface area contributed by atoms with E-state index in [1.807, 2.05) is 30.3 Å². The molecule has 0 bridgehead atoms. The van der Waals surface area contributed by atoms with Crippen molar-refractivity contribution in [3.05, 3.63) is 65.5 Å². The SMILES string of the molecule is O=C1N=C(c2ccncc2)c2ccccc21. The van der Waals surface area contributed by atoms with E-state index in [9.17, 15) is 4.79 Å². The van der Waals surface area contributed by atoms with E-state index in [0.717, 1.165) is 16.8 Å². The van der Waals surface area contributed by atoms with Gasteiger partial charge in [0.1, 0.15) is 0 Å². The smallest absolute Gasteiger partial charge is 0.267 e. The molecule has 0 saturated heterocycles. The third kappa shape index (κ3) is 1.26. The number of hydrogen-bond acceptors (Lipinski definition) is 2. The molecule has 0 radical (unpaired) electrons. The molecule has 3 rings (SSSR count). The summed E-state index contributed by atoms with van der Waals surface area (Å²) >= 11 is 0. The van der Waals surface area contributed by atoms with Crippen LogP contribution in [0, 0.1) is 0 Å². The summed E-state index contributed by atoms with van der Waals surface area (Å²) in [5, 5.41) is 0. The van der Waals surface area contributed by atoms with Gasteiger partial charge in [-0.1, -0.05) is 18.2 Å². The molecule has 0 N–H and O–H groups in total. The van der Waals surface area contributed by atoms with Gasteiger partial charge in [0.15, 0.2) is 0 Å². The highest BCUT2D eigenvalue weighted by atomic mass is 16.1. The summed E-state index contributed by atoms with van der Waals surface area (Å²) in [6, 6.07) is 11.2. The first kappa shape index (κ1) is 8.97. The first-order valence-corrected chi connectivity index (χ1v) is 4.99. The molecule has 2 heterocycles. The zero-order chi connectivity index (χ0) is 11.0. The Morgan fingerprint density at radius 1 is 0.875 bits per heavy atom. The van der Waals surface area contributed by atoms with E-state index in [-0.39, 0.29) is 5.91 Å². The fourth-order valence-corrected chi connectivity index (χ4v) is 1.83. The van der Waals surface area contributed by atoms with Crippen molar-refractivity contribution >= 4 is 11.6 Å². The lowest BCUT2D eigenvalue weighted by Gasteiger charge is -2.01. The normalized spacial score (nSPS) is 13.5. The number of benzene rings is 1. The predicted molar refractivity (Wildman–Crippen MR) is 60.6 cm³/mol. The molecule has 1 aromatic heterocycles. The van der Waals surface area contributed by atoms with Crippen LogP contribution in [-0.4, -0.2) is 16.6 Å². The number of aromatic nitrogens is 1. The van der Waals surface area contributed by atoms with Crippen molar-refractivity contribution in [3.63, 3.8) is 0 Å². The molecule has 1 aliphatic heterocycles. The van der Waals surface area contributed by atoms with Crippen LogP contribution < -0.4 is 0 Å². The molecule has 1 aromatic carbocycles. The van der Waals surface area contributed by atoms with Gasteiger partial charge in [-0.05, 0) is 18.2 Å². The van der Waals surface area contributed by atoms with E-state index in [4.69, 9.17) is 0 Å². The van der Waals surface area contributed by atoms with E-state index in [2.05, 4.69) is 9.98 Å². The molecule has 76 valence electrons. The monoisotopic (exact) mass is 208 g/mol. The number of fused-ring (bicyclic) bond motifs is 1. The Morgan fingerprint density at radius 2 is 1.56 bits per heavy atom. The second-order valence-electron chi connectivity index (χ2n) is 3.55. The molecule has 3 heteroatoms. The molecule has 0 saturated carbocycles. The van der Waals surface area contributed by atoms with Gasteiger partial charge < -0.3 is 0 Å². The van der Waals surface area contributed by atoms with Crippen molar-refractivity contribution in [1.82, 2.24) is 4.98 Å². The molecule has 0 unspecified atom stereocenters. The summed E-state index contributed by atoms with van der Waals surface area (Å²) in [5.41, 5.74) is 3.24. The Bertz CT molecular complexity index is 588. The van der Waals surface area contributed by atoms with Crippen LogP contribution in [0.3, 0.4) is 0 Å². The standard InChI is InChI=1S/C13H8N2O/c16-13-11-4-2-1-3-10(11)12(15-13)9-5-7-14-8-6-9/h1-8H. The average Bonchev–Trinajstić information content (AvgIpc) is 2.69. The zero-order valence-corrected chi connectivity index (χ0v) is 8.42. The van der Waals surface area contributed by atoms with E-state index < -0.39 is 0 Å². The first-order valence-electron chi connectivity index (χ1n) is 4.99. The van der Waals surface area contributed by atoms with Crippen LogP contribution in [0.15, 0.2) is 53.8 Å². The van der Waals surface area contributed by atoms with Gasteiger partial charge in [0.05, 0.1) is 11.3 Å². The number of hydrogen-bond donors (Lipinski definition) is 0. The molecule has 3 nitrogen and oxygen atoms in total. The third-order valence-electron chi connectivity index (χ3n) is 2.58. The molecule has 0 atom stereocenters. The van der Waals surface area contributed by atoms with Crippen molar-refractivity contribution in [2.45, 2.75) is 0 Å². The number of carbonyl (C=O) groups is 1. The van der Waals surface area contributed by atoms with Crippen molar-refractivity contribution in [2.24, 2.45) is 4.99 Å². The summed E-state index contributed by atoms with van der Waals surface area (Å²) in [4.78, 5) is 19.7. The van der Waals surface area contributed by atoms with Gasteiger partial charge in [-0.25, -0.2) is 4.99 Å². The van der Waals surface area contributed by atoms with Crippen LogP contribution in [0.2, 0.25) is 0 Å². The molecule has 0 spiro atoms. The van der Waals surface area contributed by atoms with E-state index in [0.29, 0.717) is 5.56 Å². The lowest BCUT2D eigenvalue weighted by molar-refractivity contribution is 0.101. The van der Waals surface area contributed by atoms with Gasteiger partial charge in [0.25, 0.3) is 5.91 Å². The number of nitrogens with zero attached hydrogens (tertiary/aromatic N) is 2. The van der Waals surface area contributed by atoms with Crippen LogP contribution in [0.25, 0.3) is 0 Å². The summed E-state index contributed by atoms with van der Waals surface area (Å²) < 4.78 is 0. The van der Waals surface area contributed by atoms with E-state index in [1.165, 1.54) is 0 Å². The second kappa shape index (κ2) is 3.38. The first-order chi connectivity index (χ1) is 7.86. The lowest BCUT2D eigenvalue weighted by atomic mass is 10.0. The van der Waals surface area contributed by atoms with Crippen LogP contribution in [0.1, 0.15) is 21.5 Å². The van der Waals surface area contributed by atoms with Gasteiger partial charge in [0.2, 0.25) is 0 Å². The number of amides is 1. The Balaban J connectivity index is 2.19. The quantitative estimate of drug-likeness (QED) is 0.720. The van der Waals surface area contributed by atoms with Crippen molar-refractivity contribution in [3.8, 4) is 0 Å². The minimum Gasteiger partial charge on any atom is -0.267 e. The highest BCUT2D eigenvalue weighted by Crippen LogP contribution is 2.22. The molecule has 0 fully saturated rings. The fraction of sp³-hybridized carbons (Fsp3) is 0. The molecular formula is C13H8N2O. The van der Waals surface area contributed by atoms with E-state index in [1.54, 1.807) is 18.5 Å². The van der Waals surface area contributed by atoms with Gasteiger partial charge in [-0.3, -0.25) is 9.78 Å². The molecule has 1 amide bonds. The second-order valence-corrected chi connectivity index (χ2v) is 3.55. The van der Waals surface area contributed by atoms with Gasteiger partial charge in [-0.15, -0.1) is 0 Å². The summed E-state index contributed by atoms with van der Waals surface area (Å²) in [6.45, 7) is 0. The zero-order valence-electron chi connectivity index (χ0n) is 8.42. The Morgan fingerprint density at radius 3 is 2.31 bits per heavy atom. The Hall–Kier alpha value is -2.29. The minimum absolute atomic E-state index is 0.164. The number of rotatable bonds is 1. The minimum atomic E-state index is -0.164. The van der Waals surface area contributed by atoms with Crippen LogP contribution in [0.4, 0.5) is 0 Å². The lowest BCUT2D eigenvalue weighted by Crippen LogP contribution is -2.00. The number of pyridine rings is 1. The Labute approximate surface area is 92.5 Å². The Kier molecular flexibility index (Phi) is 1.90. The maximum Gasteiger partial charge on any atom is 0.278 e. The fourth-order valence-electron chi connectivity index (χ4n) is 1.83. The molecule has 16 heavy (non-hydrogen) atoms. The van der Waals surface area contributed by atoms with Crippen molar-refractivity contribution < 1.29 is 4.79 Å². The molecule has 0 aliphatic carbocycles. The molecule has 2 aromatic rings. The topological polar surface area (TPSA) is 42.3 Å². The third-order valence-corrected chi connectivity index (χ3v) is 2.58. The average molecular weight is 208 g/mol. The summed E-state index contributed by atoms with van der Waals surface area (Å²) in [5.74, 6) is -0.164. The highest BCUT2D eigenvalue weighted by Gasteiger charge is 2.23. The van der Waals surface area contributed by atoms with Gasteiger partial charge in [0, 0.05) is 23.5 Å². The maximum atomic E-state index is 11.6. The summed E-state index contributed by atoms with van der Waals surface area (Å²) in [6.07, 6.45) is 3.40. The number of aliphatic imine (C=N–C) groups is 1. The molecule has 1 aliphatic rings. The predicted octanol–water partition coefficient (Wildman–Crippen LogP) is 2.07. The van der Waals surface area contributed by atoms with Crippen LogP contribution in [-0.2, 0) is 0 Å². The van der Waals surface area contributed by atoms with Gasteiger partial charge in [-0.2, -0.15) is 0 Å². The van der Waals surface area contributed by atoms with Crippen LogP contribution in [0.5, 0.6) is 0 Å². The molecular weight excluding hydrogens is 200 g/mol. The van der Waals surface area contributed by atoms with Gasteiger partial charge >= 0.3 is 0 Å². The highest BCUT2D eigenvalue weighted by molar-refractivity contribution is 6.27. The maximum absolute atomic E-state index is 11.6. The van der Waals surface area contributed by atoms with Crippen molar-refractivity contribution in [1.29, 1.82) is 0 Å². The van der Waals surface area contributed by atoms with E-state index >= 15 is 0 Å². The number of carbonyl (C=O) groups excluding carboxylic acids is 1. The van der Waals surface area contributed by atoms with Crippen molar-refractivity contribution in [2.75, 3.05) is 0 Å².